The number of rotatable bonds is 4. The summed E-state index contributed by atoms with van der Waals surface area (Å²) in [6, 6.07) is 12.8. The van der Waals surface area contributed by atoms with Crippen molar-refractivity contribution in [2.45, 2.75) is 4.90 Å². The van der Waals surface area contributed by atoms with Gasteiger partial charge in [-0.15, -0.1) is 11.8 Å². The van der Waals surface area contributed by atoms with Gasteiger partial charge in [0.15, 0.2) is 0 Å². The first-order chi connectivity index (χ1) is 9.15. The van der Waals surface area contributed by atoms with Crippen LogP contribution in [0, 0.1) is 0 Å². The summed E-state index contributed by atoms with van der Waals surface area (Å²) in [6.45, 7) is 0. The highest BCUT2D eigenvalue weighted by Crippen LogP contribution is 2.29. The monoisotopic (exact) mass is 274 g/mol. The van der Waals surface area contributed by atoms with E-state index in [9.17, 15) is 9.90 Å². The molecule has 19 heavy (non-hydrogen) atoms. The fourth-order valence-electron chi connectivity index (χ4n) is 1.85. The highest BCUT2D eigenvalue weighted by Gasteiger charge is 2.12. The molecule has 4 heteroatoms. The Morgan fingerprint density at radius 2 is 1.84 bits per heavy atom. The van der Waals surface area contributed by atoms with Crippen LogP contribution < -0.4 is 4.74 Å². The third-order valence-electron chi connectivity index (χ3n) is 2.86. The molecular weight excluding hydrogens is 260 g/mol. The number of ether oxygens (including phenoxy) is 1. The molecule has 0 saturated heterocycles. The molecule has 0 fully saturated rings. The molecule has 3 nitrogen and oxygen atoms in total. The lowest BCUT2D eigenvalue weighted by Gasteiger charge is -2.09. The average Bonchev–Trinajstić information content (AvgIpc) is 2.46. The van der Waals surface area contributed by atoms with Crippen molar-refractivity contribution in [1.29, 1.82) is 0 Å². The number of thioether (sulfide) groups is 1. The molecule has 0 aromatic heterocycles. The minimum absolute atomic E-state index is 0.317. The summed E-state index contributed by atoms with van der Waals surface area (Å²) in [4.78, 5) is 12.3. The molecule has 0 amide bonds. The molecule has 0 bridgehead atoms. The van der Waals surface area contributed by atoms with E-state index < -0.39 is 5.97 Å². The quantitative estimate of drug-likeness (QED) is 0.862. The first kappa shape index (κ1) is 13.5. The molecule has 2 aromatic carbocycles. The van der Waals surface area contributed by atoms with Crippen molar-refractivity contribution >= 4 is 17.7 Å². The minimum atomic E-state index is -0.915. The van der Waals surface area contributed by atoms with E-state index in [4.69, 9.17) is 4.74 Å². The maximum atomic E-state index is 11.4. The topological polar surface area (TPSA) is 46.5 Å². The molecule has 2 aromatic rings. The van der Waals surface area contributed by atoms with Crippen molar-refractivity contribution in [1.82, 2.24) is 0 Å². The predicted octanol–water partition coefficient (Wildman–Crippen LogP) is 3.78. The van der Waals surface area contributed by atoms with Gasteiger partial charge in [-0.05, 0) is 41.6 Å². The van der Waals surface area contributed by atoms with Crippen molar-refractivity contribution in [3.8, 4) is 16.9 Å². The van der Waals surface area contributed by atoms with Crippen LogP contribution in [0.1, 0.15) is 10.4 Å². The minimum Gasteiger partial charge on any atom is -0.497 e. The van der Waals surface area contributed by atoms with Crippen LogP contribution in [0.25, 0.3) is 11.1 Å². The lowest BCUT2D eigenvalue weighted by Crippen LogP contribution is -1.99. The maximum absolute atomic E-state index is 11.4. The first-order valence-electron chi connectivity index (χ1n) is 5.71. The van der Waals surface area contributed by atoms with Crippen LogP contribution in [-0.2, 0) is 0 Å². The normalized spacial score (nSPS) is 10.2. The third-order valence-corrected chi connectivity index (χ3v) is 3.58. The lowest BCUT2D eigenvalue weighted by atomic mass is 10.00. The Morgan fingerprint density at radius 3 is 2.37 bits per heavy atom. The van der Waals surface area contributed by atoms with Gasteiger partial charge in [-0.25, -0.2) is 4.79 Å². The molecule has 98 valence electrons. The first-order valence-corrected chi connectivity index (χ1v) is 6.94. The number of aromatic carboxylic acids is 1. The molecule has 0 atom stereocenters. The summed E-state index contributed by atoms with van der Waals surface area (Å²) in [7, 11) is 1.60. The Bertz CT molecular complexity index is 591. The van der Waals surface area contributed by atoms with Crippen LogP contribution in [-0.4, -0.2) is 24.4 Å². The Balaban J connectivity index is 2.50. The second-order valence-electron chi connectivity index (χ2n) is 3.95. The van der Waals surface area contributed by atoms with E-state index in [1.807, 2.05) is 42.7 Å². The summed E-state index contributed by atoms with van der Waals surface area (Å²) < 4.78 is 5.10. The third kappa shape index (κ3) is 2.90. The van der Waals surface area contributed by atoms with Gasteiger partial charge in [-0.1, -0.05) is 18.2 Å². The van der Waals surface area contributed by atoms with E-state index in [1.165, 1.54) is 11.8 Å². The predicted molar refractivity (Wildman–Crippen MR) is 77.2 cm³/mol. The molecule has 0 unspecified atom stereocenters. The van der Waals surface area contributed by atoms with Gasteiger partial charge in [0.25, 0.3) is 0 Å². The number of hydrogen-bond acceptors (Lipinski definition) is 3. The van der Waals surface area contributed by atoms with E-state index in [0.717, 1.165) is 16.2 Å². The Hall–Kier alpha value is -1.94. The van der Waals surface area contributed by atoms with Gasteiger partial charge in [0, 0.05) is 4.90 Å². The van der Waals surface area contributed by atoms with E-state index in [-0.39, 0.29) is 0 Å². The van der Waals surface area contributed by atoms with Gasteiger partial charge in [0.05, 0.1) is 12.7 Å². The maximum Gasteiger partial charge on any atom is 0.336 e. The molecule has 0 heterocycles. The largest absolute Gasteiger partial charge is 0.497 e. The molecule has 2 rings (SSSR count). The van der Waals surface area contributed by atoms with Crippen LogP contribution in [0.3, 0.4) is 0 Å². The molecule has 0 saturated carbocycles. The van der Waals surface area contributed by atoms with Gasteiger partial charge in [0.1, 0.15) is 5.75 Å². The number of hydrogen-bond donors (Lipinski definition) is 1. The van der Waals surface area contributed by atoms with Gasteiger partial charge >= 0.3 is 5.97 Å². The molecular formula is C15H14O3S. The van der Waals surface area contributed by atoms with Crippen LogP contribution in [0.4, 0.5) is 0 Å². The van der Waals surface area contributed by atoms with E-state index in [0.29, 0.717) is 11.1 Å². The summed E-state index contributed by atoms with van der Waals surface area (Å²) in [5.74, 6) is -0.164. The van der Waals surface area contributed by atoms with Gasteiger partial charge in [0.2, 0.25) is 0 Å². The number of carbonyl (C=O) groups is 1. The van der Waals surface area contributed by atoms with Crippen molar-refractivity contribution in [2.24, 2.45) is 0 Å². The highest BCUT2D eigenvalue weighted by atomic mass is 32.2. The van der Waals surface area contributed by atoms with Crippen LogP contribution in [0.2, 0.25) is 0 Å². The standard InChI is InChI=1S/C15H14O3S/c1-18-11-5-3-10(4-6-11)13-8-7-12(19-2)9-14(13)15(16)17/h3-9H,1-2H3,(H,16,17). The summed E-state index contributed by atoms with van der Waals surface area (Å²) in [5, 5.41) is 9.31. The van der Waals surface area contributed by atoms with E-state index in [1.54, 1.807) is 13.2 Å². The van der Waals surface area contributed by atoms with Gasteiger partial charge < -0.3 is 9.84 Å². The van der Waals surface area contributed by atoms with E-state index in [2.05, 4.69) is 0 Å². The summed E-state index contributed by atoms with van der Waals surface area (Å²) in [5.41, 5.74) is 1.90. The Kier molecular flexibility index (Phi) is 4.12. The zero-order valence-corrected chi connectivity index (χ0v) is 11.5. The van der Waals surface area contributed by atoms with Crippen molar-refractivity contribution in [3.63, 3.8) is 0 Å². The molecule has 0 spiro atoms. The van der Waals surface area contributed by atoms with Crippen LogP contribution in [0.5, 0.6) is 5.75 Å². The highest BCUT2D eigenvalue weighted by molar-refractivity contribution is 7.98. The van der Waals surface area contributed by atoms with Gasteiger partial charge in [-0.3, -0.25) is 0 Å². The fourth-order valence-corrected chi connectivity index (χ4v) is 2.29. The number of benzene rings is 2. The van der Waals surface area contributed by atoms with Gasteiger partial charge in [-0.2, -0.15) is 0 Å². The molecule has 1 N–H and O–H groups in total. The van der Waals surface area contributed by atoms with E-state index >= 15 is 0 Å². The van der Waals surface area contributed by atoms with Crippen LogP contribution >= 0.6 is 11.8 Å². The van der Waals surface area contributed by atoms with Crippen molar-refractivity contribution in [3.05, 3.63) is 48.0 Å². The lowest BCUT2D eigenvalue weighted by molar-refractivity contribution is 0.0697. The molecule has 0 radical (unpaired) electrons. The summed E-state index contributed by atoms with van der Waals surface area (Å²) in [6.07, 6.45) is 1.92. The molecule has 0 aliphatic rings. The SMILES string of the molecule is COc1ccc(-c2ccc(SC)cc2C(=O)O)cc1. The molecule has 0 aliphatic carbocycles. The summed E-state index contributed by atoms with van der Waals surface area (Å²) >= 11 is 1.53. The molecule has 0 aliphatic heterocycles. The second-order valence-corrected chi connectivity index (χ2v) is 4.82. The zero-order chi connectivity index (χ0) is 13.8. The fraction of sp³-hybridized carbons (Fsp3) is 0.133. The number of carboxylic acid groups (broad SMARTS) is 1. The number of carboxylic acids is 1. The number of methoxy groups -OCH3 is 1. The smallest absolute Gasteiger partial charge is 0.336 e. The Morgan fingerprint density at radius 1 is 1.16 bits per heavy atom. The van der Waals surface area contributed by atoms with Crippen molar-refractivity contribution in [2.75, 3.05) is 13.4 Å². The second kappa shape index (κ2) is 5.80. The Labute approximate surface area is 116 Å². The zero-order valence-electron chi connectivity index (χ0n) is 10.7. The van der Waals surface area contributed by atoms with Crippen LogP contribution in [0.15, 0.2) is 47.4 Å². The van der Waals surface area contributed by atoms with Crippen molar-refractivity contribution < 1.29 is 14.6 Å². The average molecular weight is 274 g/mol.